The second-order valence-corrected chi connectivity index (χ2v) is 2.83. The Balaban J connectivity index is 3.56. The van der Waals surface area contributed by atoms with Crippen molar-refractivity contribution in [2.24, 2.45) is 0 Å². The predicted octanol–water partition coefficient (Wildman–Crippen LogP) is 0.157. The van der Waals surface area contributed by atoms with Crippen molar-refractivity contribution in [3.8, 4) is 0 Å². The van der Waals surface area contributed by atoms with Crippen LogP contribution in [-0.4, -0.2) is 37.4 Å². The molecule has 0 unspecified atom stereocenters. The van der Waals surface area contributed by atoms with Crippen LogP contribution in [0.1, 0.15) is 13.3 Å². The minimum Gasteiger partial charge on any atom is -0.352 e. The first-order chi connectivity index (χ1) is 6.07. The van der Waals surface area contributed by atoms with Gasteiger partial charge in [0.1, 0.15) is 0 Å². The standard InChI is InChI=1S/C9H16N2O2/c1-4-5-8(12)10-7-6-9(13)11(2)3/h4-5H,6-7H2,1-3H3,(H,10,12). The first-order valence-electron chi connectivity index (χ1n) is 4.18. The summed E-state index contributed by atoms with van der Waals surface area (Å²) in [4.78, 5) is 23.4. The fourth-order valence-electron chi connectivity index (χ4n) is 0.727. The van der Waals surface area contributed by atoms with Crippen molar-refractivity contribution in [2.75, 3.05) is 20.6 Å². The minimum absolute atomic E-state index is 0.0146. The van der Waals surface area contributed by atoms with E-state index in [1.54, 1.807) is 27.1 Å². The maximum Gasteiger partial charge on any atom is 0.243 e. The maximum atomic E-state index is 11.0. The zero-order valence-electron chi connectivity index (χ0n) is 8.33. The molecular weight excluding hydrogens is 168 g/mol. The Hall–Kier alpha value is -1.32. The molecule has 0 fully saturated rings. The molecule has 0 saturated heterocycles. The Morgan fingerprint density at radius 3 is 2.46 bits per heavy atom. The molecule has 0 aromatic rings. The maximum absolute atomic E-state index is 11.0. The quantitative estimate of drug-likeness (QED) is 0.633. The number of carbonyl (C=O) groups excluding carboxylic acids is 2. The lowest BCUT2D eigenvalue weighted by atomic mass is 10.3. The van der Waals surface area contributed by atoms with E-state index in [4.69, 9.17) is 0 Å². The minimum atomic E-state index is -0.158. The van der Waals surface area contributed by atoms with E-state index < -0.39 is 0 Å². The number of rotatable bonds is 4. The average Bonchev–Trinajstić information content (AvgIpc) is 2.04. The summed E-state index contributed by atoms with van der Waals surface area (Å²) in [7, 11) is 3.38. The molecule has 0 rings (SSSR count). The first-order valence-corrected chi connectivity index (χ1v) is 4.18. The van der Waals surface area contributed by atoms with E-state index in [-0.39, 0.29) is 11.8 Å². The van der Waals surface area contributed by atoms with Gasteiger partial charge in [0.25, 0.3) is 0 Å². The normalized spacial score (nSPS) is 10.1. The summed E-state index contributed by atoms with van der Waals surface area (Å²) in [6.07, 6.45) is 3.43. The Bertz CT molecular complexity index is 210. The fraction of sp³-hybridized carbons (Fsp3) is 0.556. The van der Waals surface area contributed by atoms with Gasteiger partial charge in [-0.05, 0) is 13.0 Å². The van der Waals surface area contributed by atoms with Gasteiger partial charge in [0.2, 0.25) is 11.8 Å². The van der Waals surface area contributed by atoms with Gasteiger partial charge in [0, 0.05) is 27.1 Å². The second-order valence-electron chi connectivity index (χ2n) is 2.83. The zero-order valence-corrected chi connectivity index (χ0v) is 8.33. The van der Waals surface area contributed by atoms with Crippen LogP contribution in [0, 0.1) is 0 Å². The second kappa shape index (κ2) is 6.22. The van der Waals surface area contributed by atoms with Crippen LogP contribution in [0.4, 0.5) is 0 Å². The van der Waals surface area contributed by atoms with E-state index in [1.807, 2.05) is 0 Å². The topological polar surface area (TPSA) is 49.4 Å². The van der Waals surface area contributed by atoms with E-state index in [2.05, 4.69) is 5.32 Å². The van der Waals surface area contributed by atoms with Crippen molar-refractivity contribution in [1.29, 1.82) is 0 Å². The Morgan fingerprint density at radius 1 is 1.38 bits per heavy atom. The van der Waals surface area contributed by atoms with E-state index in [9.17, 15) is 9.59 Å². The number of carbonyl (C=O) groups is 2. The van der Waals surface area contributed by atoms with Crippen molar-refractivity contribution >= 4 is 11.8 Å². The summed E-state index contributed by atoms with van der Waals surface area (Å²) >= 11 is 0. The molecule has 0 heterocycles. The van der Waals surface area contributed by atoms with Gasteiger partial charge in [0.15, 0.2) is 0 Å². The molecule has 0 aromatic heterocycles. The third-order valence-corrected chi connectivity index (χ3v) is 1.45. The van der Waals surface area contributed by atoms with Gasteiger partial charge in [-0.3, -0.25) is 9.59 Å². The Labute approximate surface area is 78.6 Å². The smallest absolute Gasteiger partial charge is 0.243 e. The number of hydrogen-bond donors (Lipinski definition) is 1. The molecule has 0 saturated carbocycles. The summed E-state index contributed by atoms with van der Waals surface area (Å²) in [5, 5.41) is 2.60. The average molecular weight is 184 g/mol. The Kier molecular flexibility index (Phi) is 5.59. The molecule has 4 heteroatoms. The van der Waals surface area contributed by atoms with Crippen LogP contribution in [0.3, 0.4) is 0 Å². The number of allylic oxidation sites excluding steroid dienone is 1. The van der Waals surface area contributed by atoms with Crippen LogP contribution < -0.4 is 5.32 Å². The highest BCUT2D eigenvalue weighted by molar-refractivity contribution is 5.87. The Morgan fingerprint density at radius 2 is 2.00 bits per heavy atom. The van der Waals surface area contributed by atoms with E-state index in [0.29, 0.717) is 13.0 Å². The van der Waals surface area contributed by atoms with Crippen LogP contribution in [0.15, 0.2) is 12.2 Å². The molecule has 4 nitrogen and oxygen atoms in total. The van der Waals surface area contributed by atoms with Crippen molar-refractivity contribution < 1.29 is 9.59 Å². The lowest BCUT2D eigenvalue weighted by Gasteiger charge is -2.09. The molecule has 0 aliphatic carbocycles. The van der Waals surface area contributed by atoms with Gasteiger partial charge < -0.3 is 10.2 Å². The fourth-order valence-corrected chi connectivity index (χ4v) is 0.727. The van der Waals surface area contributed by atoms with Crippen LogP contribution >= 0.6 is 0 Å². The monoisotopic (exact) mass is 184 g/mol. The third kappa shape index (κ3) is 5.90. The third-order valence-electron chi connectivity index (χ3n) is 1.45. The number of nitrogens with one attached hydrogen (secondary N) is 1. The first kappa shape index (κ1) is 11.7. The molecule has 0 bridgehead atoms. The lowest BCUT2D eigenvalue weighted by Crippen LogP contribution is -2.29. The van der Waals surface area contributed by atoms with E-state index in [1.165, 1.54) is 11.0 Å². The predicted molar refractivity (Wildman–Crippen MR) is 51.1 cm³/mol. The molecule has 74 valence electrons. The zero-order chi connectivity index (χ0) is 10.3. The molecule has 0 spiro atoms. The highest BCUT2D eigenvalue weighted by Crippen LogP contribution is 1.84. The van der Waals surface area contributed by atoms with Gasteiger partial charge >= 0.3 is 0 Å². The summed E-state index contributed by atoms with van der Waals surface area (Å²) in [5.74, 6) is -0.144. The van der Waals surface area contributed by atoms with Crippen molar-refractivity contribution in [1.82, 2.24) is 10.2 Å². The number of nitrogens with zero attached hydrogens (tertiary/aromatic N) is 1. The highest BCUT2D eigenvalue weighted by Gasteiger charge is 2.03. The van der Waals surface area contributed by atoms with Crippen molar-refractivity contribution in [2.45, 2.75) is 13.3 Å². The van der Waals surface area contributed by atoms with E-state index >= 15 is 0 Å². The van der Waals surface area contributed by atoms with Crippen LogP contribution in [0.25, 0.3) is 0 Å². The number of amides is 2. The van der Waals surface area contributed by atoms with Gasteiger partial charge in [0.05, 0.1) is 0 Å². The van der Waals surface area contributed by atoms with Crippen molar-refractivity contribution in [3.63, 3.8) is 0 Å². The summed E-state index contributed by atoms with van der Waals surface area (Å²) in [5.41, 5.74) is 0. The molecule has 0 aliphatic heterocycles. The molecule has 1 N–H and O–H groups in total. The van der Waals surface area contributed by atoms with Crippen molar-refractivity contribution in [3.05, 3.63) is 12.2 Å². The van der Waals surface area contributed by atoms with Gasteiger partial charge in [-0.25, -0.2) is 0 Å². The molecule has 0 aromatic carbocycles. The van der Waals surface area contributed by atoms with Gasteiger partial charge in [-0.15, -0.1) is 0 Å². The molecular formula is C9H16N2O2. The van der Waals surface area contributed by atoms with Gasteiger partial charge in [-0.1, -0.05) is 6.08 Å². The largest absolute Gasteiger partial charge is 0.352 e. The van der Waals surface area contributed by atoms with E-state index in [0.717, 1.165) is 0 Å². The molecule has 13 heavy (non-hydrogen) atoms. The highest BCUT2D eigenvalue weighted by atomic mass is 16.2. The van der Waals surface area contributed by atoms with Gasteiger partial charge in [-0.2, -0.15) is 0 Å². The summed E-state index contributed by atoms with van der Waals surface area (Å²) < 4.78 is 0. The summed E-state index contributed by atoms with van der Waals surface area (Å²) in [6, 6.07) is 0. The molecule has 0 aliphatic rings. The SMILES string of the molecule is CC=CC(=O)NCCC(=O)N(C)C. The van der Waals surface area contributed by atoms with Crippen LogP contribution in [0.2, 0.25) is 0 Å². The summed E-state index contributed by atoms with van der Waals surface area (Å²) in [6.45, 7) is 2.16. The lowest BCUT2D eigenvalue weighted by molar-refractivity contribution is -0.128. The molecule has 0 radical (unpaired) electrons. The molecule has 0 atom stereocenters. The van der Waals surface area contributed by atoms with Crippen LogP contribution in [0.5, 0.6) is 0 Å². The van der Waals surface area contributed by atoms with Crippen LogP contribution in [-0.2, 0) is 9.59 Å². The number of hydrogen-bond acceptors (Lipinski definition) is 2. The molecule has 2 amide bonds.